The quantitative estimate of drug-likeness (QED) is 0.833. The SMILES string of the molecule is COc1c(C2N=C(NC(C)(C)C)NC2=O)c(C)nn1C. The first-order chi connectivity index (χ1) is 9.23. The number of methoxy groups -OCH3 is 1. The second-order valence-corrected chi connectivity index (χ2v) is 5.88. The van der Waals surface area contributed by atoms with Crippen LogP contribution in [0.5, 0.6) is 5.88 Å². The Bertz CT molecular complexity index is 568. The van der Waals surface area contributed by atoms with Crippen LogP contribution in [0.1, 0.15) is 38.1 Å². The van der Waals surface area contributed by atoms with E-state index in [1.807, 2.05) is 27.7 Å². The molecule has 1 aromatic rings. The van der Waals surface area contributed by atoms with Gasteiger partial charge in [-0.1, -0.05) is 0 Å². The molecule has 0 aromatic carbocycles. The highest BCUT2D eigenvalue weighted by atomic mass is 16.5. The summed E-state index contributed by atoms with van der Waals surface area (Å²) in [5.41, 5.74) is 1.28. The van der Waals surface area contributed by atoms with E-state index in [0.717, 1.165) is 5.69 Å². The molecule has 1 amide bonds. The molecule has 0 saturated heterocycles. The average molecular weight is 279 g/mol. The summed E-state index contributed by atoms with van der Waals surface area (Å²) in [5, 5.41) is 10.2. The molecule has 0 aliphatic carbocycles. The zero-order chi connectivity index (χ0) is 15.1. The molecule has 1 atom stereocenters. The molecule has 20 heavy (non-hydrogen) atoms. The maximum atomic E-state index is 12.1. The number of carbonyl (C=O) groups excluding carboxylic acids is 1. The van der Waals surface area contributed by atoms with E-state index >= 15 is 0 Å². The average Bonchev–Trinajstić information content (AvgIpc) is 2.76. The molecule has 110 valence electrons. The lowest BCUT2D eigenvalue weighted by molar-refractivity contribution is -0.120. The van der Waals surface area contributed by atoms with Gasteiger partial charge in [0.1, 0.15) is 0 Å². The Hall–Kier alpha value is -2.05. The zero-order valence-corrected chi connectivity index (χ0v) is 12.7. The van der Waals surface area contributed by atoms with Gasteiger partial charge in [-0.2, -0.15) is 5.10 Å². The fraction of sp³-hybridized carbons (Fsp3) is 0.615. The molecule has 0 radical (unpaired) electrons. The number of hydrogen-bond donors (Lipinski definition) is 2. The van der Waals surface area contributed by atoms with Gasteiger partial charge in [0.05, 0.1) is 18.4 Å². The number of nitrogens with zero attached hydrogens (tertiary/aromatic N) is 3. The van der Waals surface area contributed by atoms with Crippen LogP contribution in [0.3, 0.4) is 0 Å². The van der Waals surface area contributed by atoms with E-state index in [-0.39, 0.29) is 11.4 Å². The van der Waals surface area contributed by atoms with E-state index in [1.165, 1.54) is 0 Å². The van der Waals surface area contributed by atoms with E-state index < -0.39 is 6.04 Å². The van der Waals surface area contributed by atoms with Crippen LogP contribution in [-0.2, 0) is 11.8 Å². The van der Waals surface area contributed by atoms with E-state index in [9.17, 15) is 4.79 Å². The fourth-order valence-corrected chi connectivity index (χ4v) is 2.23. The van der Waals surface area contributed by atoms with Crippen molar-refractivity contribution in [1.82, 2.24) is 20.4 Å². The first-order valence-electron chi connectivity index (χ1n) is 6.47. The lowest BCUT2D eigenvalue weighted by Gasteiger charge is -2.21. The topological polar surface area (TPSA) is 80.5 Å². The normalized spacial score (nSPS) is 18.8. The number of aryl methyl sites for hydroxylation is 2. The van der Waals surface area contributed by atoms with Crippen LogP contribution in [0.2, 0.25) is 0 Å². The molecule has 1 aromatic heterocycles. The largest absolute Gasteiger partial charge is 0.481 e. The Morgan fingerprint density at radius 1 is 1.40 bits per heavy atom. The van der Waals surface area contributed by atoms with Crippen molar-refractivity contribution in [2.45, 2.75) is 39.3 Å². The molecule has 7 nitrogen and oxygen atoms in total. The predicted octanol–water partition coefficient (Wildman–Crippen LogP) is 0.652. The molecule has 1 aliphatic rings. The maximum absolute atomic E-state index is 12.1. The Morgan fingerprint density at radius 3 is 2.60 bits per heavy atom. The van der Waals surface area contributed by atoms with Crippen LogP contribution in [0.15, 0.2) is 4.99 Å². The van der Waals surface area contributed by atoms with Crippen LogP contribution in [-0.4, -0.2) is 34.3 Å². The lowest BCUT2D eigenvalue weighted by Crippen LogP contribution is -2.46. The van der Waals surface area contributed by atoms with Gasteiger partial charge < -0.3 is 10.1 Å². The van der Waals surface area contributed by atoms with Gasteiger partial charge in [-0.25, -0.2) is 9.67 Å². The standard InChI is InChI=1S/C13H21N5O2/c1-7-8(11(20-6)18(5)17-7)9-10(19)15-12(14-9)16-13(2,3)4/h9H,1-6H3,(H2,14,15,16,19). The molecule has 1 aliphatic heterocycles. The first-order valence-corrected chi connectivity index (χ1v) is 6.47. The highest BCUT2D eigenvalue weighted by Crippen LogP contribution is 2.32. The number of hydrogen-bond acceptors (Lipinski definition) is 5. The van der Waals surface area contributed by atoms with Crippen LogP contribution >= 0.6 is 0 Å². The van der Waals surface area contributed by atoms with Gasteiger partial charge in [-0.05, 0) is 27.7 Å². The van der Waals surface area contributed by atoms with Crippen molar-refractivity contribution in [3.8, 4) is 5.88 Å². The number of ether oxygens (including phenoxy) is 1. The van der Waals surface area contributed by atoms with Gasteiger partial charge in [-0.3, -0.25) is 10.1 Å². The van der Waals surface area contributed by atoms with Crippen molar-refractivity contribution in [2.75, 3.05) is 7.11 Å². The molecular weight excluding hydrogens is 258 g/mol. The predicted molar refractivity (Wildman–Crippen MR) is 75.7 cm³/mol. The summed E-state index contributed by atoms with van der Waals surface area (Å²) < 4.78 is 6.94. The summed E-state index contributed by atoms with van der Waals surface area (Å²) in [4.78, 5) is 16.6. The monoisotopic (exact) mass is 279 g/mol. The van der Waals surface area contributed by atoms with Crippen molar-refractivity contribution >= 4 is 11.9 Å². The Kier molecular flexibility index (Phi) is 3.45. The molecule has 2 heterocycles. The third-order valence-corrected chi connectivity index (χ3v) is 2.92. The van der Waals surface area contributed by atoms with Gasteiger partial charge in [0.25, 0.3) is 5.91 Å². The molecule has 0 bridgehead atoms. The van der Waals surface area contributed by atoms with Crippen molar-refractivity contribution < 1.29 is 9.53 Å². The number of rotatable bonds is 2. The van der Waals surface area contributed by atoms with Crippen LogP contribution < -0.4 is 15.4 Å². The molecule has 0 fully saturated rings. The molecular formula is C13H21N5O2. The summed E-state index contributed by atoms with van der Waals surface area (Å²) in [5.74, 6) is 0.868. The van der Waals surface area contributed by atoms with Crippen molar-refractivity contribution in [3.63, 3.8) is 0 Å². The van der Waals surface area contributed by atoms with Crippen molar-refractivity contribution in [1.29, 1.82) is 0 Å². The lowest BCUT2D eigenvalue weighted by atomic mass is 10.1. The smallest absolute Gasteiger partial charge is 0.256 e. The Morgan fingerprint density at radius 2 is 2.05 bits per heavy atom. The Labute approximate surface area is 118 Å². The highest BCUT2D eigenvalue weighted by molar-refractivity contribution is 6.05. The Balaban J connectivity index is 2.36. The van der Waals surface area contributed by atoms with E-state index in [0.29, 0.717) is 17.4 Å². The molecule has 0 spiro atoms. The van der Waals surface area contributed by atoms with Crippen molar-refractivity contribution in [3.05, 3.63) is 11.3 Å². The van der Waals surface area contributed by atoms with Gasteiger partial charge >= 0.3 is 0 Å². The number of carbonyl (C=O) groups is 1. The minimum absolute atomic E-state index is 0.172. The van der Waals surface area contributed by atoms with E-state index in [1.54, 1.807) is 18.8 Å². The maximum Gasteiger partial charge on any atom is 0.256 e. The number of amides is 1. The number of guanidine groups is 1. The van der Waals surface area contributed by atoms with Gasteiger partial charge in [0, 0.05) is 12.6 Å². The second kappa shape index (κ2) is 4.81. The summed E-state index contributed by atoms with van der Waals surface area (Å²) in [7, 11) is 3.34. The third-order valence-electron chi connectivity index (χ3n) is 2.92. The van der Waals surface area contributed by atoms with Crippen LogP contribution in [0.25, 0.3) is 0 Å². The molecule has 7 heteroatoms. The summed E-state index contributed by atoms with van der Waals surface area (Å²) >= 11 is 0. The fourth-order valence-electron chi connectivity index (χ4n) is 2.23. The minimum atomic E-state index is -0.622. The minimum Gasteiger partial charge on any atom is -0.481 e. The second-order valence-electron chi connectivity index (χ2n) is 5.88. The molecule has 2 rings (SSSR count). The summed E-state index contributed by atoms with van der Waals surface area (Å²) in [6.07, 6.45) is 0. The van der Waals surface area contributed by atoms with Crippen LogP contribution in [0, 0.1) is 6.92 Å². The van der Waals surface area contributed by atoms with E-state index in [2.05, 4.69) is 20.7 Å². The zero-order valence-electron chi connectivity index (χ0n) is 12.7. The third kappa shape index (κ3) is 2.61. The first kappa shape index (κ1) is 14.4. The number of aliphatic imine (C=N–C) groups is 1. The van der Waals surface area contributed by atoms with Gasteiger partial charge in [0.15, 0.2) is 12.0 Å². The van der Waals surface area contributed by atoms with Crippen molar-refractivity contribution in [2.24, 2.45) is 12.0 Å². The van der Waals surface area contributed by atoms with Crippen LogP contribution in [0.4, 0.5) is 0 Å². The molecule has 1 unspecified atom stereocenters. The number of aromatic nitrogens is 2. The number of nitrogens with one attached hydrogen (secondary N) is 2. The molecule has 0 saturated carbocycles. The van der Waals surface area contributed by atoms with E-state index in [4.69, 9.17) is 4.74 Å². The summed E-state index contributed by atoms with van der Waals surface area (Å²) in [6.45, 7) is 7.86. The summed E-state index contributed by atoms with van der Waals surface area (Å²) in [6, 6.07) is -0.622. The van der Waals surface area contributed by atoms with Gasteiger partial charge in [-0.15, -0.1) is 0 Å². The van der Waals surface area contributed by atoms with Gasteiger partial charge in [0.2, 0.25) is 5.88 Å². The molecule has 2 N–H and O–H groups in total. The highest BCUT2D eigenvalue weighted by Gasteiger charge is 2.34.